The molecule has 1 amide bonds. The van der Waals surface area contributed by atoms with Crippen LogP contribution in [0.5, 0.6) is 0 Å². The van der Waals surface area contributed by atoms with Crippen LogP contribution in [0.15, 0.2) is 24.3 Å². The second-order valence-electron chi connectivity index (χ2n) is 4.99. The maximum absolute atomic E-state index is 12.0. The number of carbonyl (C=O) groups is 1. The molecule has 1 aliphatic rings. The highest BCUT2D eigenvalue weighted by atomic mass is 35.5. The van der Waals surface area contributed by atoms with Gasteiger partial charge in [0.2, 0.25) is 5.91 Å². The Bertz CT molecular complexity index is 428. The van der Waals surface area contributed by atoms with Gasteiger partial charge in [0.15, 0.2) is 0 Å². The van der Waals surface area contributed by atoms with Gasteiger partial charge in [0, 0.05) is 49.2 Å². The minimum atomic E-state index is 0.255. The zero-order valence-electron chi connectivity index (χ0n) is 11.5. The summed E-state index contributed by atoms with van der Waals surface area (Å²) in [6.07, 6.45) is 2.42. The standard InChI is InChI=1S/C15H20Cl2N2O/c16-8-2-1-3-15(20)19-11-9-18(10-12-19)14-6-4-13(17)5-7-14/h4-7H,1-3,8-12H2. The largest absolute Gasteiger partial charge is 0.368 e. The second kappa shape index (κ2) is 7.75. The molecule has 1 aromatic rings. The highest BCUT2D eigenvalue weighted by Crippen LogP contribution is 2.19. The van der Waals surface area contributed by atoms with Crippen molar-refractivity contribution in [2.75, 3.05) is 37.0 Å². The van der Waals surface area contributed by atoms with E-state index in [1.54, 1.807) is 0 Å². The Kier molecular flexibility index (Phi) is 5.99. The van der Waals surface area contributed by atoms with Gasteiger partial charge >= 0.3 is 0 Å². The fraction of sp³-hybridized carbons (Fsp3) is 0.533. The summed E-state index contributed by atoms with van der Waals surface area (Å²) >= 11 is 11.5. The Hall–Kier alpha value is -0.930. The van der Waals surface area contributed by atoms with E-state index >= 15 is 0 Å². The van der Waals surface area contributed by atoms with Crippen LogP contribution < -0.4 is 4.90 Å². The summed E-state index contributed by atoms with van der Waals surface area (Å²) in [5.41, 5.74) is 1.17. The van der Waals surface area contributed by atoms with Gasteiger partial charge in [-0.3, -0.25) is 4.79 Å². The first-order chi connectivity index (χ1) is 9.70. The van der Waals surface area contributed by atoms with Crippen molar-refractivity contribution in [3.63, 3.8) is 0 Å². The van der Waals surface area contributed by atoms with E-state index in [2.05, 4.69) is 4.90 Å². The first-order valence-corrected chi connectivity index (χ1v) is 7.96. The van der Waals surface area contributed by atoms with Crippen LogP contribution in [-0.2, 0) is 4.79 Å². The lowest BCUT2D eigenvalue weighted by molar-refractivity contribution is -0.131. The first-order valence-electron chi connectivity index (χ1n) is 7.05. The smallest absolute Gasteiger partial charge is 0.222 e. The predicted octanol–water partition coefficient (Wildman–Crippen LogP) is 3.40. The molecule has 0 atom stereocenters. The maximum atomic E-state index is 12.0. The third-order valence-electron chi connectivity index (χ3n) is 3.60. The number of alkyl halides is 1. The lowest BCUT2D eigenvalue weighted by atomic mass is 10.2. The van der Waals surface area contributed by atoms with E-state index in [1.807, 2.05) is 29.2 Å². The number of benzene rings is 1. The molecule has 0 bridgehead atoms. The van der Waals surface area contributed by atoms with Crippen LogP contribution in [-0.4, -0.2) is 42.9 Å². The van der Waals surface area contributed by atoms with Crippen molar-refractivity contribution in [3.8, 4) is 0 Å². The highest BCUT2D eigenvalue weighted by molar-refractivity contribution is 6.30. The molecule has 5 heteroatoms. The Balaban J connectivity index is 1.80. The molecule has 20 heavy (non-hydrogen) atoms. The highest BCUT2D eigenvalue weighted by Gasteiger charge is 2.20. The molecule has 2 rings (SSSR count). The summed E-state index contributed by atoms with van der Waals surface area (Å²) in [4.78, 5) is 16.3. The lowest BCUT2D eigenvalue weighted by Crippen LogP contribution is -2.48. The third kappa shape index (κ3) is 4.29. The van der Waals surface area contributed by atoms with Gasteiger partial charge in [0.1, 0.15) is 0 Å². The van der Waals surface area contributed by atoms with Crippen LogP contribution in [0.3, 0.4) is 0 Å². The Labute approximate surface area is 130 Å². The van der Waals surface area contributed by atoms with Gasteiger partial charge in [-0.15, -0.1) is 11.6 Å². The number of piperazine rings is 1. The second-order valence-corrected chi connectivity index (χ2v) is 5.80. The van der Waals surface area contributed by atoms with E-state index in [9.17, 15) is 4.79 Å². The monoisotopic (exact) mass is 314 g/mol. The maximum Gasteiger partial charge on any atom is 0.222 e. The van der Waals surface area contributed by atoms with E-state index in [1.165, 1.54) is 5.69 Å². The number of rotatable bonds is 5. The molecular weight excluding hydrogens is 295 g/mol. The van der Waals surface area contributed by atoms with Crippen LogP contribution in [0.2, 0.25) is 5.02 Å². The van der Waals surface area contributed by atoms with Crippen LogP contribution in [0.25, 0.3) is 0 Å². The summed E-state index contributed by atoms with van der Waals surface area (Å²) in [5.74, 6) is 0.892. The normalized spacial score (nSPS) is 15.5. The molecule has 3 nitrogen and oxygen atoms in total. The molecule has 1 aliphatic heterocycles. The molecule has 0 aliphatic carbocycles. The molecule has 0 unspecified atom stereocenters. The number of hydrogen-bond acceptors (Lipinski definition) is 2. The lowest BCUT2D eigenvalue weighted by Gasteiger charge is -2.36. The Morgan fingerprint density at radius 2 is 1.70 bits per heavy atom. The van der Waals surface area contributed by atoms with Crippen molar-refractivity contribution in [2.24, 2.45) is 0 Å². The molecule has 1 saturated heterocycles. The topological polar surface area (TPSA) is 23.6 Å². The minimum Gasteiger partial charge on any atom is -0.368 e. The van der Waals surface area contributed by atoms with Crippen LogP contribution in [0, 0.1) is 0 Å². The van der Waals surface area contributed by atoms with Crippen LogP contribution in [0.1, 0.15) is 19.3 Å². The number of nitrogens with zero attached hydrogens (tertiary/aromatic N) is 2. The minimum absolute atomic E-state index is 0.255. The van der Waals surface area contributed by atoms with Gasteiger partial charge in [-0.1, -0.05) is 11.6 Å². The van der Waals surface area contributed by atoms with E-state index in [0.717, 1.165) is 44.0 Å². The van der Waals surface area contributed by atoms with Crippen molar-refractivity contribution in [1.29, 1.82) is 0 Å². The fourth-order valence-corrected chi connectivity index (χ4v) is 2.71. The molecule has 0 saturated carbocycles. The predicted molar refractivity (Wildman–Crippen MR) is 84.8 cm³/mol. The number of carbonyl (C=O) groups excluding carboxylic acids is 1. The summed E-state index contributed by atoms with van der Waals surface area (Å²) < 4.78 is 0. The van der Waals surface area contributed by atoms with Gasteiger partial charge in [0.05, 0.1) is 0 Å². The van der Waals surface area contributed by atoms with Gasteiger partial charge < -0.3 is 9.80 Å². The zero-order chi connectivity index (χ0) is 14.4. The number of amides is 1. The zero-order valence-corrected chi connectivity index (χ0v) is 13.0. The molecule has 1 fully saturated rings. The average Bonchev–Trinajstić information content (AvgIpc) is 2.48. The van der Waals surface area contributed by atoms with E-state index in [4.69, 9.17) is 23.2 Å². The molecule has 0 radical (unpaired) electrons. The molecule has 110 valence electrons. The summed E-state index contributed by atoms with van der Waals surface area (Å²) in [7, 11) is 0. The van der Waals surface area contributed by atoms with E-state index in [0.29, 0.717) is 12.3 Å². The first kappa shape index (κ1) is 15.5. The molecular formula is C15H20Cl2N2O. The van der Waals surface area contributed by atoms with Gasteiger partial charge in [-0.05, 0) is 37.1 Å². The van der Waals surface area contributed by atoms with Crippen molar-refractivity contribution in [2.45, 2.75) is 19.3 Å². The van der Waals surface area contributed by atoms with Gasteiger partial charge in [-0.2, -0.15) is 0 Å². The van der Waals surface area contributed by atoms with Crippen molar-refractivity contribution >= 4 is 34.8 Å². The van der Waals surface area contributed by atoms with Crippen LogP contribution in [0.4, 0.5) is 5.69 Å². The number of anilines is 1. The van der Waals surface area contributed by atoms with Crippen molar-refractivity contribution in [3.05, 3.63) is 29.3 Å². The van der Waals surface area contributed by atoms with Gasteiger partial charge in [-0.25, -0.2) is 0 Å². The molecule has 0 aromatic heterocycles. The summed E-state index contributed by atoms with van der Waals surface area (Å²) in [6, 6.07) is 7.86. The molecule has 0 N–H and O–H groups in total. The molecule has 1 heterocycles. The number of hydrogen-bond donors (Lipinski definition) is 0. The molecule has 0 spiro atoms. The van der Waals surface area contributed by atoms with E-state index < -0.39 is 0 Å². The number of unbranched alkanes of at least 4 members (excludes halogenated alkanes) is 1. The fourth-order valence-electron chi connectivity index (χ4n) is 2.39. The summed E-state index contributed by atoms with van der Waals surface area (Å²) in [5, 5.41) is 0.752. The number of halogens is 2. The Morgan fingerprint density at radius 1 is 1.05 bits per heavy atom. The van der Waals surface area contributed by atoms with Crippen molar-refractivity contribution < 1.29 is 4.79 Å². The van der Waals surface area contributed by atoms with Gasteiger partial charge in [0.25, 0.3) is 0 Å². The molecule has 1 aromatic carbocycles. The Morgan fingerprint density at radius 3 is 2.30 bits per heavy atom. The third-order valence-corrected chi connectivity index (χ3v) is 4.12. The quantitative estimate of drug-likeness (QED) is 0.614. The van der Waals surface area contributed by atoms with Crippen molar-refractivity contribution in [1.82, 2.24) is 4.90 Å². The summed E-state index contributed by atoms with van der Waals surface area (Å²) in [6.45, 7) is 3.34. The SMILES string of the molecule is O=C(CCCCCl)N1CCN(c2ccc(Cl)cc2)CC1. The average molecular weight is 315 g/mol. The van der Waals surface area contributed by atoms with Crippen LogP contribution >= 0.6 is 23.2 Å². The van der Waals surface area contributed by atoms with E-state index in [-0.39, 0.29) is 5.91 Å².